The van der Waals surface area contributed by atoms with E-state index in [1.807, 2.05) is 43.5 Å². The summed E-state index contributed by atoms with van der Waals surface area (Å²) in [4.78, 5) is 33.8. The Bertz CT molecular complexity index is 960. The van der Waals surface area contributed by atoms with E-state index in [0.29, 0.717) is 22.7 Å². The fourth-order valence-electron chi connectivity index (χ4n) is 3.96. The molecule has 1 saturated heterocycles. The molecule has 0 atom stereocenters. The molecule has 7 heteroatoms. The second kappa shape index (κ2) is 8.62. The Labute approximate surface area is 181 Å². The van der Waals surface area contributed by atoms with Crippen LogP contribution in [0.25, 0.3) is 5.57 Å². The molecular formula is C23H27N3O3S. The monoisotopic (exact) mass is 425 g/mol. The summed E-state index contributed by atoms with van der Waals surface area (Å²) < 4.78 is 5.91. The van der Waals surface area contributed by atoms with Gasteiger partial charge in [0, 0.05) is 31.1 Å². The number of rotatable bonds is 6. The van der Waals surface area contributed by atoms with Crippen LogP contribution in [0.4, 0.5) is 5.69 Å². The lowest BCUT2D eigenvalue weighted by atomic mass is 10.1. The van der Waals surface area contributed by atoms with E-state index in [1.54, 1.807) is 12.1 Å². The topological polar surface area (TPSA) is 53.1 Å². The summed E-state index contributed by atoms with van der Waals surface area (Å²) in [5, 5.41) is 1.94. The third kappa shape index (κ3) is 3.75. The van der Waals surface area contributed by atoms with Crippen molar-refractivity contribution >= 4 is 34.4 Å². The smallest absolute Gasteiger partial charge is 0.282 e. The first-order chi connectivity index (χ1) is 14.5. The van der Waals surface area contributed by atoms with Gasteiger partial charge < -0.3 is 14.5 Å². The first-order valence-corrected chi connectivity index (χ1v) is 11.3. The van der Waals surface area contributed by atoms with Crippen LogP contribution in [0.2, 0.25) is 0 Å². The van der Waals surface area contributed by atoms with E-state index in [-0.39, 0.29) is 17.9 Å². The number of piperazine rings is 1. The number of carbonyl (C=O) groups excluding carboxylic acids is 2. The number of nitrogens with zero attached hydrogens (tertiary/aromatic N) is 3. The van der Waals surface area contributed by atoms with Crippen molar-refractivity contribution in [3.05, 3.63) is 52.4 Å². The van der Waals surface area contributed by atoms with Gasteiger partial charge in [0.1, 0.15) is 11.4 Å². The number of para-hydroxylation sites is 2. The molecule has 2 aliphatic rings. The Balaban J connectivity index is 1.75. The summed E-state index contributed by atoms with van der Waals surface area (Å²) in [5.41, 5.74) is 1.51. The molecule has 4 rings (SSSR count). The minimum absolute atomic E-state index is 0.0646. The maximum absolute atomic E-state index is 13.7. The van der Waals surface area contributed by atoms with Crippen molar-refractivity contribution in [1.82, 2.24) is 9.80 Å². The van der Waals surface area contributed by atoms with Crippen molar-refractivity contribution in [1.29, 1.82) is 0 Å². The summed E-state index contributed by atoms with van der Waals surface area (Å²) >= 11 is 1.48. The minimum Gasteiger partial charge on any atom is -0.489 e. The van der Waals surface area contributed by atoms with Gasteiger partial charge in [-0.2, -0.15) is 0 Å². The van der Waals surface area contributed by atoms with Crippen molar-refractivity contribution in [3.8, 4) is 5.75 Å². The third-order valence-corrected chi connectivity index (χ3v) is 6.32. The highest BCUT2D eigenvalue weighted by Crippen LogP contribution is 2.40. The zero-order valence-corrected chi connectivity index (χ0v) is 18.4. The molecule has 2 aromatic rings. The summed E-state index contributed by atoms with van der Waals surface area (Å²) in [5.74, 6) is -0.0138. The number of hydrogen-bond acceptors (Lipinski definition) is 6. The van der Waals surface area contributed by atoms with Crippen LogP contribution in [-0.4, -0.2) is 60.4 Å². The normalized spacial score (nSPS) is 18.1. The first kappa shape index (κ1) is 20.6. The Morgan fingerprint density at radius 1 is 1.00 bits per heavy atom. The van der Waals surface area contributed by atoms with E-state index >= 15 is 0 Å². The van der Waals surface area contributed by atoms with Crippen LogP contribution in [-0.2, 0) is 9.59 Å². The average Bonchev–Trinajstić information content (AvgIpc) is 3.34. The van der Waals surface area contributed by atoms with Crippen molar-refractivity contribution in [2.45, 2.75) is 26.9 Å². The highest BCUT2D eigenvalue weighted by molar-refractivity contribution is 7.11. The Kier molecular flexibility index (Phi) is 5.92. The first-order valence-electron chi connectivity index (χ1n) is 10.4. The predicted molar refractivity (Wildman–Crippen MR) is 120 cm³/mol. The summed E-state index contributed by atoms with van der Waals surface area (Å²) in [6.45, 7) is 10.2. The summed E-state index contributed by atoms with van der Waals surface area (Å²) in [6, 6.07) is 11.1. The number of likely N-dealkylation sites (N-methyl/N-ethyl adjacent to an activating group) is 1. The summed E-state index contributed by atoms with van der Waals surface area (Å²) in [7, 11) is 0. The van der Waals surface area contributed by atoms with Gasteiger partial charge >= 0.3 is 0 Å². The van der Waals surface area contributed by atoms with E-state index in [1.165, 1.54) is 16.2 Å². The Morgan fingerprint density at radius 3 is 2.37 bits per heavy atom. The maximum Gasteiger partial charge on any atom is 0.282 e. The Morgan fingerprint density at radius 2 is 1.73 bits per heavy atom. The van der Waals surface area contributed by atoms with Crippen molar-refractivity contribution < 1.29 is 14.3 Å². The number of hydrogen-bond donors (Lipinski definition) is 0. The van der Waals surface area contributed by atoms with Crippen LogP contribution in [0.1, 0.15) is 25.6 Å². The molecule has 30 heavy (non-hydrogen) atoms. The number of imide groups is 1. The number of anilines is 1. The standard InChI is InChI=1S/C23H27N3O3S/c1-4-24-11-13-25(14-12-24)21-20(19-10-7-15-30-19)22(27)26(23(21)28)17-8-5-6-9-18(17)29-16(2)3/h5-10,15-16H,4,11-14H2,1-3H3. The van der Waals surface area contributed by atoms with Gasteiger partial charge in [0.05, 0.1) is 17.4 Å². The minimum atomic E-state index is -0.282. The molecule has 0 spiro atoms. The van der Waals surface area contributed by atoms with E-state index in [9.17, 15) is 9.59 Å². The second-order valence-electron chi connectivity index (χ2n) is 7.70. The van der Waals surface area contributed by atoms with Crippen molar-refractivity contribution in [3.63, 3.8) is 0 Å². The molecule has 6 nitrogen and oxygen atoms in total. The summed E-state index contributed by atoms with van der Waals surface area (Å²) in [6.07, 6.45) is -0.0646. The van der Waals surface area contributed by atoms with Crippen molar-refractivity contribution in [2.24, 2.45) is 0 Å². The molecule has 0 unspecified atom stereocenters. The zero-order valence-electron chi connectivity index (χ0n) is 17.6. The molecule has 2 amide bonds. The lowest BCUT2D eigenvalue weighted by Crippen LogP contribution is -2.47. The number of benzene rings is 1. The van der Waals surface area contributed by atoms with Crippen LogP contribution in [0.5, 0.6) is 5.75 Å². The fraction of sp³-hybridized carbons (Fsp3) is 0.391. The largest absolute Gasteiger partial charge is 0.489 e. The quantitative estimate of drug-likeness (QED) is 0.664. The van der Waals surface area contributed by atoms with E-state index in [4.69, 9.17) is 4.74 Å². The lowest BCUT2D eigenvalue weighted by Gasteiger charge is -2.35. The van der Waals surface area contributed by atoms with Gasteiger partial charge in [-0.05, 0) is 44.0 Å². The highest BCUT2D eigenvalue weighted by Gasteiger charge is 2.44. The van der Waals surface area contributed by atoms with Crippen LogP contribution < -0.4 is 9.64 Å². The molecule has 3 heterocycles. The van der Waals surface area contributed by atoms with Gasteiger partial charge in [0.25, 0.3) is 11.8 Å². The number of carbonyl (C=O) groups is 2. The van der Waals surface area contributed by atoms with E-state index in [0.717, 1.165) is 37.6 Å². The van der Waals surface area contributed by atoms with Crippen molar-refractivity contribution in [2.75, 3.05) is 37.6 Å². The molecule has 0 N–H and O–H groups in total. The zero-order chi connectivity index (χ0) is 21.3. The van der Waals surface area contributed by atoms with Gasteiger partial charge in [-0.25, -0.2) is 4.90 Å². The van der Waals surface area contributed by atoms with Gasteiger partial charge in [0.15, 0.2) is 0 Å². The molecule has 0 bridgehead atoms. The van der Waals surface area contributed by atoms with Gasteiger partial charge in [-0.3, -0.25) is 9.59 Å². The third-order valence-electron chi connectivity index (χ3n) is 5.43. The second-order valence-corrected chi connectivity index (χ2v) is 8.65. The molecule has 158 valence electrons. The van der Waals surface area contributed by atoms with Crippen LogP contribution in [0.3, 0.4) is 0 Å². The Hall–Kier alpha value is -2.64. The predicted octanol–water partition coefficient (Wildman–Crippen LogP) is 3.46. The highest BCUT2D eigenvalue weighted by atomic mass is 32.1. The molecule has 1 aromatic carbocycles. The fourth-order valence-corrected chi connectivity index (χ4v) is 4.72. The SMILES string of the molecule is CCN1CCN(C2=C(c3cccs3)C(=O)N(c3ccccc3OC(C)C)C2=O)CC1. The lowest BCUT2D eigenvalue weighted by molar-refractivity contribution is -0.120. The molecule has 0 radical (unpaired) electrons. The molecule has 1 aromatic heterocycles. The van der Waals surface area contributed by atoms with Gasteiger partial charge in [0.2, 0.25) is 0 Å². The van der Waals surface area contributed by atoms with Crippen LogP contribution >= 0.6 is 11.3 Å². The molecule has 0 saturated carbocycles. The van der Waals surface area contributed by atoms with Crippen LogP contribution in [0.15, 0.2) is 47.5 Å². The molecule has 2 aliphatic heterocycles. The van der Waals surface area contributed by atoms with E-state index < -0.39 is 0 Å². The molecular weight excluding hydrogens is 398 g/mol. The maximum atomic E-state index is 13.7. The number of thiophene rings is 1. The van der Waals surface area contributed by atoms with E-state index in [2.05, 4.69) is 16.7 Å². The van der Waals surface area contributed by atoms with Crippen LogP contribution in [0, 0.1) is 0 Å². The van der Waals surface area contributed by atoms with Gasteiger partial charge in [-0.15, -0.1) is 11.3 Å². The number of ether oxygens (including phenoxy) is 1. The number of amides is 2. The molecule has 0 aliphatic carbocycles. The molecule has 1 fully saturated rings. The van der Waals surface area contributed by atoms with Gasteiger partial charge in [-0.1, -0.05) is 25.1 Å². The average molecular weight is 426 g/mol.